The van der Waals surface area contributed by atoms with Gasteiger partial charge in [-0.25, -0.2) is 4.79 Å². The highest BCUT2D eigenvalue weighted by molar-refractivity contribution is 8.14. The van der Waals surface area contributed by atoms with Crippen molar-refractivity contribution in [1.29, 1.82) is 5.41 Å². The molecule has 138 valence electrons. The molecule has 1 aliphatic heterocycles. The molecular weight excluding hydrogens is 332 g/mol. The van der Waals surface area contributed by atoms with Crippen molar-refractivity contribution in [2.45, 2.75) is 45.5 Å². The molecule has 0 aromatic rings. The maximum Gasteiger partial charge on any atom is 0.410 e. The summed E-state index contributed by atoms with van der Waals surface area (Å²) in [6.45, 7) is 6.65. The Morgan fingerprint density at radius 1 is 1.21 bits per heavy atom. The lowest BCUT2D eigenvalue weighted by Gasteiger charge is -2.33. The second-order valence-corrected chi connectivity index (χ2v) is 7.68. The molecule has 7 nitrogen and oxygen atoms in total. The SMILES string of the molecule is COC(OC)C(=O)CSC(=N)C1CCN(C(=O)OC(C)(C)C)CC1. The number of piperidine rings is 1. The van der Waals surface area contributed by atoms with Gasteiger partial charge in [0.15, 0.2) is 5.78 Å². The van der Waals surface area contributed by atoms with Gasteiger partial charge in [-0.05, 0) is 33.6 Å². The Bertz CT molecular complexity index is 452. The highest BCUT2D eigenvalue weighted by Gasteiger charge is 2.29. The number of likely N-dealkylation sites (tertiary alicyclic amines) is 1. The number of ketones is 1. The Morgan fingerprint density at radius 2 is 1.75 bits per heavy atom. The van der Waals surface area contributed by atoms with Crippen molar-refractivity contribution < 1.29 is 23.8 Å². The van der Waals surface area contributed by atoms with Crippen molar-refractivity contribution in [3.63, 3.8) is 0 Å². The van der Waals surface area contributed by atoms with Gasteiger partial charge in [-0.1, -0.05) is 0 Å². The monoisotopic (exact) mass is 360 g/mol. The molecule has 0 bridgehead atoms. The number of carbonyl (C=O) groups is 2. The molecule has 1 amide bonds. The van der Waals surface area contributed by atoms with E-state index in [4.69, 9.17) is 19.6 Å². The van der Waals surface area contributed by atoms with Gasteiger partial charge in [-0.15, -0.1) is 11.8 Å². The second-order valence-electron chi connectivity index (χ2n) is 6.66. The third-order valence-electron chi connectivity index (χ3n) is 3.58. The molecule has 0 unspecified atom stereocenters. The maximum atomic E-state index is 12.0. The van der Waals surface area contributed by atoms with Gasteiger partial charge in [0.2, 0.25) is 6.29 Å². The number of rotatable bonds is 6. The molecule has 1 saturated heterocycles. The molecule has 1 rings (SSSR count). The summed E-state index contributed by atoms with van der Waals surface area (Å²) < 4.78 is 15.2. The summed E-state index contributed by atoms with van der Waals surface area (Å²) in [4.78, 5) is 25.5. The van der Waals surface area contributed by atoms with Crippen molar-refractivity contribution in [3.8, 4) is 0 Å². The first-order chi connectivity index (χ1) is 11.2. The van der Waals surface area contributed by atoms with E-state index < -0.39 is 11.9 Å². The van der Waals surface area contributed by atoms with Crippen molar-refractivity contribution >= 4 is 28.7 Å². The number of ether oxygens (including phenoxy) is 3. The topological polar surface area (TPSA) is 88.9 Å². The zero-order valence-corrected chi connectivity index (χ0v) is 15.9. The minimum Gasteiger partial charge on any atom is -0.444 e. The highest BCUT2D eigenvalue weighted by Crippen LogP contribution is 2.25. The molecule has 0 aliphatic carbocycles. The van der Waals surface area contributed by atoms with Crippen LogP contribution in [-0.2, 0) is 19.0 Å². The molecule has 0 aromatic carbocycles. The van der Waals surface area contributed by atoms with Gasteiger partial charge in [-0.2, -0.15) is 0 Å². The number of thioether (sulfide) groups is 1. The van der Waals surface area contributed by atoms with Crippen LogP contribution in [0.3, 0.4) is 0 Å². The molecule has 1 heterocycles. The first-order valence-corrected chi connectivity index (χ1v) is 8.94. The largest absolute Gasteiger partial charge is 0.444 e. The quantitative estimate of drug-likeness (QED) is 0.445. The molecule has 0 saturated carbocycles. The van der Waals surface area contributed by atoms with E-state index in [1.807, 2.05) is 20.8 Å². The number of Topliss-reactive ketones (excluding diaryl/α,β-unsaturated/α-hetero) is 1. The van der Waals surface area contributed by atoms with Gasteiger partial charge in [0.05, 0.1) is 10.8 Å². The van der Waals surface area contributed by atoms with Crippen LogP contribution < -0.4 is 0 Å². The Morgan fingerprint density at radius 3 is 2.21 bits per heavy atom. The van der Waals surface area contributed by atoms with Crippen LogP contribution in [0.5, 0.6) is 0 Å². The molecule has 0 aromatic heterocycles. The van der Waals surface area contributed by atoms with Gasteiger partial charge in [-0.3, -0.25) is 10.2 Å². The van der Waals surface area contributed by atoms with E-state index in [0.717, 1.165) is 0 Å². The van der Waals surface area contributed by atoms with Crippen LogP contribution in [0.4, 0.5) is 4.79 Å². The third kappa shape index (κ3) is 6.78. The van der Waals surface area contributed by atoms with E-state index >= 15 is 0 Å². The van der Waals surface area contributed by atoms with Crippen molar-refractivity contribution in [2.75, 3.05) is 33.1 Å². The van der Waals surface area contributed by atoms with Gasteiger partial charge in [0.25, 0.3) is 0 Å². The van der Waals surface area contributed by atoms with Crippen molar-refractivity contribution in [1.82, 2.24) is 4.90 Å². The molecule has 8 heteroatoms. The van der Waals surface area contributed by atoms with E-state index in [1.165, 1.54) is 26.0 Å². The number of nitrogens with zero attached hydrogens (tertiary/aromatic N) is 1. The predicted molar refractivity (Wildman–Crippen MR) is 93.5 cm³/mol. The number of hydrogen-bond acceptors (Lipinski definition) is 7. The fourth-order valence-corrected chi connectivity index (χ4v) is 3.25. The smallest absolute Gasteiger partial charge is 0.410 e. The van der Waals surface area contributed by atoms with E-state index in [-0.39, 0.29) is 23.5 Å². The molecule has 1 aliphatic rings. The maximum absolute atomic E-state index is 12.0. The molecule has 0 radical (unpaired) electrons. The number of nitrogens with one attached hydrogen (secondary N) is 1. The summed E-state index contributed by atoms with van der Waals surface area (Å²) in [5.74, 6) is 0.0308. The molecule has 24 heavy (non-hydrogen) atoms. The minimum atomic E-state index is -0.876. The third-order valence-corrected chi connectivity index (χ3v) is 4.65. The lowest BCUT2D eigenvalue weighted by atomic mass is 9.98. The summed E-state index contributed by atoms with van der Waals surface area (Å²) in [7, 11) is 2.82. The molecule has 1 N–H and O–H groups in total. The average molecular weight is 360 g/mol. The van der Waals surface area contributed by atoms with Crippen LogP contribution in [0.15, 0.2) is 0 Å². The normalized spacial score (nSPS) is 16.3. The summed E-state index contributed by atoms with van der Waals surface area (Å²) in [6.07, 6.45) is 0.228. The van der Waals surface area contributed by atoms with Crippen molar-refractivity contribution in [2.24, 2.45) is 5.92 Å². The van der Waals surface area contributed by atoms with Crippen LogP contribution in [-0.4, -0.2) is 66.8 Å². The first-order valence-electron chi connectivity index (χ1n) is 7.95. The van der Waals surface area contributed by atoms with E-state index in [1.54, 1.807) is 4.90 Å². The zero-order chi connectivity index (χ0) is 18.3. The first kappa shape index (κ1) is 20.9. The number of amides is 1. The molecular formula is C16H28N2O5S. The molecule has 0 spiro atoms. The Labute approximate surface area is 147 Å². The van der Waals surface area contributed by atoms with Crippen LogP contribution >= 0.6 is 11.8 Å². The zero-order valence-electron chi connectivity index (χ0n) is 15.1. The van der Waals surface area contributed by atoms with Crippen LogP contribution in [0.2, 0.25) is 0 Å². The Hall–Kier alpha value is -1.12. The lowest BCUT2D eigenvalue weighted by molar-refractivity contribution is -0.153. The predicted octanol–water partition coefficient (Wildman–Crippen LogP) is 2.53. The number of carbonyl (C=O) groups excluding carboxylic acids is 2. The highest BCUT2D eigenvalue weighted by atomic mass is 32.2. The summed E-state index contributed by atoms with van der Waals surface area (Å²) in [6, 6.07) is 0. The Balaban J connectivity index is 2.38. The fourth-order valence-electron chi connectivity index (χ4n) is 2.34. The summed E-state index contributed by atoms with van der Waals surface area (Å²) >= 11 is 1.21. The summed E-state index contributed by atoms with van der Waals surface area (Å²) in [5, 5.41) is 8.61. The molecule has 1 fully saturated rings. The van der Waals surface area contributed by atoms with E-state index in [0.29, 0.717) is 31.0 Å². The van der Waals surface area contributed by atoms with Gasteiger partial charge < -0.3 is 19.1 Å². The van der Waals surface area contributed by atoms with Crippen molar-refractivity contribution in [3.05, 3.63) is 0 Å². The van der Waals surface area contributed by atoms with Crippen LogP contribution in [0.25, 0.3) is 0 Å². The fraction of sp³-hybridized carbons (Fsp3) is 0.812. The number of hydrogen-bond donors (Lipinski definition) is 1. The molecule has 0 atom stereocenters. The summed E-state index contributed by atoms with van der Waals surface area (Å²) in [5.41, 5.74) is -0.504. The van der Waals surface area contributed by atoms with E-state index in [2.05, 4.69) is 0 Å². The number of methoxy groups -OCH3 is 2. The second kappa shape index (κ2) is 9.39. The van der Waals surface area contributed by atoms with Crippen LogP contribution in [0.1, 0.15) is 33.6 Å². The lowest BCUT2D eigenvalue weighted by Crippen LogP contribution is -2.42. The average Bonchev–Trinajstić information content (AvgIpc) is 2.52. The van der Waals surface area contributed by atoms with Gasteiger partial charge >= 0.3 is 6.09 Å². The Kier molecular flexibility index (Phi) is 8.18. The minimum absolute atomic E-state index is 0.0741. The van der Waals surface area contributed by atoms with Gasteiger partial charge in [0, 0.05) is 33.2 Å². The van der Waals surface area contributed by atoms with Crippen LogP contribution in [0, 0.1) is 11.3 Å². The van der Waals surface area contributed by atoms with Gasteiger partial charge in [0.1, 0.15) is 5.60 Å². The van der Waals surface area contributed by atoms with E-state index in [9.17, 15) is 9.59 Å². The standard InChI is InChI=1S/C16H28N2O5S/c1-16(2,3)23-15(20)18-8-6-11(7-9-18)13(17)24-10-12(19)14(21-4)22-5/h11,14,17H,6-10H2,1-5H3.